The summed E-state index contributed by atoms with van der Waals surface area (Å²) >= 11 is 3.20. The first kappa shape index (κ1) is 19.9. The molecule has 0 aliphatic heterocycles. The molecular weight excluding hydrogens is 428 g/mol. The highest BCUT2D eigenvalue weighted by Crippen LogP contribution is 2.35. The van der Waals surface area contributed by atoms with Crippen LogP contribution in [0.2, 0.25) is 0 Å². The first-order chi connectivity index (χ1) is 12.3. The number of methoxy groups -OCH3 is 3. The summed E-state index contributed by atoms with van der Waals surface area (Å²) in [5.74, 6) is 0.666. The van der Waals surface area contributed by atoms with Crippen molar-refractivity contribution < 1.29 is 27.7 Å². The molecule has 2 aromatic rings. The molecular formula is C16H17BrN2O6S. The molecule has 0 radical (unpaired) electrons. The molecule has 0 atom stereocenters. The second kappa shape index (κ2) is 8.28. The number of aromatic hydroxyl groups is 1. The Morgan fingerprint density at radius 3 is 2.35 bits per heavy atom. The molecule has 0 heterocycles. The van der Waals surface area contributed by atoms with E-state index in [4.69, 9.17) is 14.2 Å². The number of halogens is 1. The minimum absolute atomic E-state index is 0.117. The molecule has 0 bridgehead atoms. The standard InChI is InChI=1S/C16H17BrN2O6S/c1-23-11-5-7-12(24-2)14(8-11)26(21,22)19-18-9-10-4-6-13(25-3)16(20)15(10)17/h4-9,19-20H,1-3H3/b18-9+. The molecule has 0 saturated carbocycles. The van der Waals surface area contributed by atoms with Gasteiger partial charge in [0, 0.05) is 11.6 Å². The van der Waals surface area contributed by atoms with E-state index in [-0.39, 0.29) is 22.1 Å². The number of hydrogen-bond acceptors (Lipinski definition) is 7. The molecule has 0 aliphatic carbocycles. The van der Waals surface area contributed by atoms with Gasteiger partial charge in [0.05, 0.1) is 32.0 Å². The third kappa shape index (κ3) is 4.20. The van der Waals surface area contributed by atoms with E-state index in [0.717, 1.165) is 0 Å². The van der Waals surface area contributed by atoms with Crippen LogP contribution in [0.3, 0.4) is 0 Å². The number of phenols is 1. The van der Waals surface area contributed by atoms with Gasteiger partial charge in [-0.3, -0.25) is 0 Å². The fourth-order valence-corrected chi connectivity index (χ4v) is 3.44. The van der Waals surface area contributed by atoms with Crippen molar-refractivity contribution in [2.24, 2.45) is 5.10 Å². The predicted molar refractivity (Wildman–Crippen MR) is 99.8 cm³/mol. The van der Waals surface area contributed by atoms with Gasteiger partial charge in [0.25, 0.3) is 10.0 Å². The van der Waals surface area contributed by atoms with Gasteiger partial charge < -0.3 is 19.3 Å². The molecule has 8 nitrogen and oxygen atoms in total. The lowest BCUT2D eigenvalue weighted by atomic mass is 10.2. The monoisotopic (exact) mass is 444 g/mol. The molecule has 2 N–H and O–H groups in total. The summed E-state index contributed by atoms with van der Waals surface area (Å²) in [5.41, 5.74) is 0.448. The van der Waals surface area contributed by atoms with Gasteiger partial charge in [-0.1, -0.05) is 0 Å². The lowest BCUT2D eigenvalue weighted by molar-refractivity contribution is 0.372. The van der Waals surface area contributed by atoms with Gasteiger partial charge in [0.15, 0.2) is 11.5 Å². The van der Waals surface area contributed by atoms with Crippen LogP contribution in [0.15, 0.2) is 44.8 Å². The minimum atomic E-state index is -4.00. The Bertz CT molecular complexity index is 931. The molecule has 140 valence electrons. The summed E-state index contributed by atoms with van der Waals surface area (Å²) in [7, 11) is 0.215. The number of hydrogen-bond donors (Lipinski definition) is 2. The summed E-state index contributed by atoms with van der Waals surface area (Å²) in [5, 5.41) is 13.7. The SMILES string of the molecule is COc1ccc(OC)c(S(=O)(=O)N/N=C/c2ccc(OC)c(O)c2Br)c1. The van der Waals surface area contributed by atoms with Crippen molar-refractivity contribution in [3.63, 3.8) is 0 Å². The maximum atomic E-state index is 12.5. The molecule has 0 aliphatic rings. The summed E-state index contributed by atoms with van der Waals surface area (Å²) in [4.78, 5) is 1.98. The molecule has 2 aromatic carbocycles. The topological polar surface area (TPSA) is 106 Å². The number of benzene rings is 2. The van der Waals surface area contributed by atoms with Crippen LogP contribution < -0.4 is 19.0 Å². The molecule has 0 amide bonds. The van der Waals surface area contributed by atoms with Gasteiger partial charge in [0.1, 0.15) is 16.4 Å². The average Bonchev–Trinajstić information content (AvgIpc) is 2.64. The summed E-state index contributed by atoms with van der Waals surface area (Å²) in [6.45, 7) is 0. The maximum Gasteiger partial charge on any atom is 0.280 e. The molecule has 0 unspecified atom stereocenters. The molecule has 10 heteroatoms. The van der Waals surface area contributed by atoms with Crippen LogP contribution >= 0.6 is 15.9 Å². The van der Waals surface area contributed by atoms with Gasteiger partial charge >= 0.3 is 0 Å². The smallest absolute Gasteiger partial charge is 0.280 e. The first-order valence-electron chi connectivity index (χ1n) is 7.16. The van der Waals surface area contributed by atoms with E-state index in [2.05, 4.69) is 25.9 Å². The van der Waals surface area contributed by atoms with Crippen molar-refractivity contribution in [1.82, 2.24) is 4.83 Å². The van der Waals surface area contributed by atoms with Gasteiger partial charge in [-0.15, -0.1) is 0 Å². The third-order valence-corrected chi connectivity index (χ3v) is 5.44. The number of sulfonamides is 1. The van der Waals surface area contributed by atoms with Crippen LogP contribution in [0.4, 0.5) is 0 Å². The second-order valence-electron chi connectivity index (χ2n) is 4.89. The van der Waals surface area contributed by atoms with Crippen molar-refractivity contribution in [2.75, 3.05) is 21.3 Å². The van der Waals surface area contributed by atoms with Crippen molar-refractivity contribution in [2.45, 2.75) is 4.90 Å². The lowest BCUT2D eigenvalue weighted by Crippen LogP contribution is -2.19. The largest absolute Gasteiger partial charge is 0.503 e. The number of ether oxygens (including phenoxy) is 3. The van der Waals surface area contributed by atoms with E-state index in [1.165, 1.54) is 45.7 Å². The Morgan fingerprint density at radius 2 is 1.73 bits per heavy atom. The van der Waals surface area contributed by atoms with E-state index in [9.17, 15) is 13.5 Å². The number of hydrazone groups is 1. The van der Waals surface area contributed by atoms with Crippen molar-refractivity contribution in [3.05, 3.63) is 40.4 Å². The average molecular weight is 445 g/mol. The number of nitrogens with one attached hydrogen (secondary N) is 1. The van der Waals surface area contributed by atoms with Gasteiger partial charge in [-0.2, -0.15) is 18.4 Å². The van der Waals surface area contributed by atoms with Crippen LogP contribution in [0.5, 0.6) is 23.0 Å². The first-order valence-corrected chi connectivity index (χ1v) is 9.44. The molecule has 0 spiro atoms. The molecule has 0 saturated heterocycles. The van der Waals surface area contributed by atoms with Gasteiger partial charge in [-0.05, 0) is 40.2 Å². The Morgan fingerprint density at radius 1 is 1.08 bits per heavy atom. The highest BCUT2D eigenvalue weighted by Gasteiger charge is 2.20. The molecule has 2 rings (SSSR count). The quantitative estimate of drug-likeness (QED) is 0.501. The van der Waals surface area contributed by atoms with Crippen LogP contribution in [0, 0.1) is 0 Å². The Kier molecular flexibility index (Phi) is 6.32. The van der Waals surface area contributed by atoms with Gasteiger partial charge in [-0.25, -0.2) is 0 Å². The minimum Gasteiger partial charge on any atom is -0.503 e. The normalized spacial score (nSPS) is 11.4. The number of rotatable bonds is 7. The van der Waals surface area contributed by atoms with E-state index in [1.54, 1.807) is 12.1 Å². The highest BCUT2D eigenvalue weighted by atomic mass is 79.9. The molecule has 0 aromatic heterocycles. The predicted octanol–water partition coefficient (Wildman–Crippen LogP) is 2.49. The van der Waals surface area contributed by atoms with Crippen LogP contribution in [0.1, 0.15) is 5.56 Å². The van der Waals surface area contributed by atoms with Gasteiger partial charge in [0.2, 0.25) is 0 Å². The van der Waals surface area contributed by atoms with E-state index < -0.39 is 10.0 Å². The van der Waals surface area contributed by atoms with Crippen molar-refractivity contribution in [3.8, 4) is 23.0 Å². The summed E-state index contributed by atoms with van der Waals surface area (Å²) in [6, 6.07) is 7.52. The fraction of sp³-hybridized carbons (Fsp3) is 0.188. The van der Waals surface area contributed by atoms with Crippen LogP contribution in [-0.4, -0.2) is 41.1 Å². The zero-order valence-corrected chi connectivity index (χ0v) is 16.6. The van der Waals surface area contributed by atoms with E-state index >= 15 is 0 Å². The zero-order chi connectivity index (χ0) is 19.3. The Labute approximate surface area is 159 Å². The summed E-state index contributed by atoms with van der Waals surface area (Å²) in [6.07, 6.45) is 1.24. The molecule has 26 heavy (non-hydrogen) atoms. The van der Waals surface area contributed by atoms with Crippen LogP contribution in [0.25, 0.3) is 0 Å². The number of phenolic OH excluding ortho intramolecular Hbond substituents is 1. The number of nitrogens with zero attached hydrogens (tertiary/aromatic N) is 1. The van der Waals surface area contributed by atoms with E-state index in [1.807, 2.05) is 0 Å². The third-order valence-electron chi connectivity index (χ3n) is 3.37. The Balaban J connectivity index is 2.29. The van der Waals surface area contributed by atoms with Crippen LogP contribution in [-0.2, 0) is 10.0 Å². The summed E-state index contributed by atoms with van der Waals surface area (Å²) < 4.78 is 40.4. The van der Waals surface area contributed by atoms with Crippen molar-refractivity contribution >= 4 is 32.2 Å². The fourth-order valence-electron chi connectivity index (χ4n) is 2.04. The lowest BCUT2D eigenvalue weighted by Gasteiger charge is -2.10. The second-order valence-corrected chi connectivity index (χ2v) is 7.31. The molecule has 0 fully saturated rings. The zero-order valence-electron chi connectivity index (χ0n) is 14.2. The van der Waals surface area contributed by atoms with Crippen molar-refractivity contribution in [1.29, 1.82) is 0 Å². The Hall–Kier alpha value is -2.46. The maximum absolute atomic E-state index is 12.5. The van der Waals surface area contributed by atoms with E-state index in [0.29, 0.717) is 15.8 Å². The highest BCUT2D eigenvalue weighted by molar-refractivity contribution is 9.10.